The highest BCUT2D eigenvalue weighted by molar-refractivity contribution is 4.99. The van der Waals surface area contributed by atoms with Crippen molar-refractivity contribution >= 4 is 0 Å². The second kappa shape index (κ2) is 4.06. The van der Waals surface area contributed by atoms with E-state index in [2.05, 4.69) is 26.0 Å². The van der Waals surface area contributed by atoms with E-state index in [0.29, 0.717) is 0 Å². The van der Waals surface area contributed by atoms with Crippen molar-refractivity contribution < 1.29 is 4.74 Å². The Hall–Kier alpha value is -0.300. The predicted molar refractivity (Wildman–Crippen MR) is 59.2 cm³/mol. The summed E-state index contributed by atoms with van der Waals surface area (Å²) >= 11 is 0. The zero-order valence-electron chi connectivity index (χ0n) is 9.46. The Bertz CT molecular complexity index is 197. The van der Waals surface area contributed by atoms with Gasteiger partial charge in [-0.15, -0.1) is 0 Å². The summed E-state index contributed by atoms with van der Waals surface area (Å²) in [4.78, 5) is 0. The molecule has 0 amide bonds. The van der Waals surface area contributed by atoms with Crippen LogP contribution in [0.3, 0.4) is 0 Å². The average Bonchev–Trinajstić information content (AvgIpc) is 2.41. The molecule has 0 saturated heterocycles. The lowest BCUT2D eigenvalue weighted by atomic mass is 9.67. The summed E-state index contributed by atoms with van der Waals surface area (Å²) in [6.45, 7) is 5.58. The molecule has 1 aliphatic heterocycles. The number of hydrogen-bond donors (Lipinski definition) is 0. The first-order valence-corrected chi connectivity index (χ1v) is 6.04. The van der Waals surface area contributed by atoms with Crippen LogP contribution in [0.1, 0.15) is 46.0 Å². The van der Waals surface area contributed by atoms with Gasteiger partial charge in [0.2, 0.25) is 0 Å². The molecule has 0 aromatic carbocycles. The van der Waals surface area contributed by atoms with E-state index in [1.165, 1.54) is 32.1 Å². The van der Waals surface area contributed by atoms with Gasteiger partial charge in [0.15, 0.2) is 0 Å². The molecule has 0 aromatic rings. The quantitative estimate of drug-likeness (QED) is 0.536. The van der Waals surface area contributed by atoms with E-state index in [1.54, 1.807) is 0 Å². The third-order valence-electron chi connectivity index (χ3n) is 4.26. The lowest BCUT2D eigenvalue weighted by Crippen LogP contribution is -2.47. The minimum Gasteiger partial charge on any atom is -0.370 e. The maximum atomic E-state index is 6.17. The molecule has 0 unspecified atom stereocenters. The standard InChI is InChI=1S/C13H22O/c1-11-7-6-8-12(2)13(11)9-4-3-5-10-14-13/h3,5,11-12H,4,6-10H2,1-2H3/t11-,12-/m0/s1. The van der Waals surface area contributed by atoms with Crippen LogP contribution in [0.4, 0.5) is 0 Å². The fourth-order valence-electron chi connectivity index (χ4n) is 3.25. The van der Waals surface area contributed by atoms with Crippen LogP contribution in [0.15, 0.2) is 12.2 Å². The van der Waals surface area contributed by atoms with E-state index in [9.17, 15) is 0 Å². The van der Waals surface area contributed by atoms with E-state index < -0.39 is 0 Å². The average molecular weight is 194 g/mol. The van der Waals surface area contributed by atoms with Gasteiger partial charge in [-0.2, -0.15) is 0 Å². The molecular formula is C13H22O. The van der Waals surface area contributed by atoms with Gasteiger partial charge in [-0.3, -0.25) is 0 Å². The van der Waals surface area contributed by atoms with E-state index in [-0.39, 0.29) is 5.60 Å². The molecule has 0 aromatic heterocycles. The molecule has 1 nitrogen and oxygen atoms in total. The minimum atomic E-state index is 0.196. The minimum absolute atomic E-state index is 0.196. The van der Waals surface area contributed by atoms with Gasteiger partial charge in [0.05, 0.1) is 12.2 Å². The summed E-state index contributed by atoms with van der Waals surface area (Å²) in [6.07, 6.45) is 11.0. The summed E-state index contributed by atoms with van der Waals surface area (Å²) in [5, 5.41) is 0. The molecule has 2 atom stereocenters. The second-order valence-corrected chi connectivity index (χ2v) is 5.01. The molecule has 2 rings (SSSR count). The van der Waals surface area contributed by atoms with Crippen molar-refractivity contribution in [3.05, 3.63) is 12.2 Å². The van der Waals surface area contributed by atoms with Crippen molar-refractivity contribution in [3.8, 4) is 0 Å². The molecule has 1 saturated carbocycles. The van der Waals surface area contributed by atoms with Gasteiger partial charge in [-0.05, 0) is 37.5 Å². The lowest BCUT2D eigenvalue weighted by molar-refractivity contribution is -0.129. The number of ether oxygens (including phenoxy) is 1. The van der Waals surface area contributed by atoms with Gasteiger partial charge in [-0.25, -0.2) is 0 Å². The number of hydrogen-bond acceptors (Lipinski definition) is 1. The fourth-order valence-corrected chi connectivity index (χ4v) is 3.25. The highest BCUT2D eigenvalue weighted by Crippen LogP contribution is 2.44. The molecule has 0 N–H and O–H groups in total. The van der Waals surface area contributed by atoms with Crippen molar-refractivity contribution in [2.24, 2.45) is 11.8 Å². The largest absolute Gasteiger partial charge is 0.370 e. The summed E-state index contributed by atoms with van der Waals surface area (Å²) in [6, 6.07) is 0. The molecule has 80 valence electrons. The third-order valence-corrected chi connectivity index (χ3v) is 4.26. The van der Waals surface area contributed by atoms with Gasteiger partial charge in [-0.1, -0.05) is 32.4 Å². The van der Waals surface area contributed by atoms with Crippen LogP contribution in [0, 0.1) is 11.8 Å². The topological polar surface area (TPSA) is 9.23 Å². The van der Waals surface area contributed by atoms with Gasteiger partial charge < -0.3 is 4.74 Å². The molecule has 1 fully saturated rings. The molecule has 1 spiro atoms. The van der Waals surface area contributed by atoms with Crippen molar-refractivity contribution in [3.63, 3.8) is 0 Å². The van der Waals surface area contributed by atoms with Crippen LogP contribution in [0.25, 0.3) is 0 Å². The van der Waals surface area contributed by atoms with E-state index >= 15 is 0 Å². The Balaban J connectivity index is 2.16. The smallest absolute Gasteiger partial charge is 0.0740 e. The molecule has 2 aliphatic rings. The van der Waals surface area contributed by atoms with Gasteiger partial charge >= 0.3 is 0 Å². The van der Waals surface area contributed by atoms with Gasteiger partial charge in [0, 0.05) is 0 Å². The first kappa shape index (κ1) is 10.2. The molecule has 1 aliphatic carbocycles. The Labute approximate surface area is 87.5 Å². The Morgan fingerprint density at radius 2 is 1.86 bits per heavy atom. The fraction of sp³-hybridized carbons (Fsp3) is 0.846. The third kappa shape index (κ3) is 1.63. The monoisotopic (exact) mass is 194 g/mol. The maximum Gasteiger partial charge on any atom is 0.0740 e. The highest BCUT2D eigenvalue weighted by atomic mass is 16.5. The van der Waals surface area contributed by atoms with Crippen LogP contribution in [-0.4, -0.2) is 12.2 Å². The molecule has 0 radical (unpaired) electrons. The van der Waals surface area contributed by atoms with Gasteiger partial charge in [0.25, 0.3) is 0 Å². The normalized spacial score (nSPS) is 37.0. The molecular weight excluding hydrogens is 172 g/mol. The van der Waals surface area contributed by atoms with E-state index in [1.807, 2.05) is 0 Å². The zero-order chi connectivity index (χ0) is 10.0. The summed E-state index contributed by atoms with van der Waals surface area (Å²) in [7, 11) is 0. The van der Waals surface area contributed by atoms with E-state index in [4.69, 9.17) is 4.74 Å². The SMILES string of the molecule is C[C@H]1CCC[C@H](C)C12CCC=CCO2. The van der Waals surface area contributed by atoms with Crippen LogP contribution >= 0.6 is 0 Å². The Morgan fingerprint density at radius 1 is 1.14 bits per heavy atom. The van der Waals surface area contributed by atoms with Crippen LogP contribution in [0.5, 0.6) is 0 Å². The molecule has 1 heteroatoms. The molecule has 0 bridgehead atoms. The van der Waals surface area contributed by atoms with Crippen LogP contribution in [0.2, 0.25) is 0 Å². The summed E-state index contributed by atoms with van der Waals surface area (Å²) in [5.74, 6) is 1.48. The molecule has 14 heavy (non-hydrogen) atoms. The number of allylic oxidation sites excluding steroid dienone is 1. The predicted octanol–water partition coefficient (Wildman–Crippen LogP) is 3.55. The first-order chi connectivity index (χ1) is 6.76. The zero-order valence-corrected chi connectivity index (χ0v) is 9.46. The first-order valence-electron chi connectivity index (χ1n) is 6.04. The highest BCUT2D eigenvalue weighted by Gasteiger charge is 2.43. The van der Waals surface area contributed by atoms with Crippen molar-refractivity contribution in [1.29, 1.82) is 0 Å². The maximum absolute atomic E-state index is 6.17. The van der Waals surface area contributed by atoms with Crippen LogP contribution < -0.4 is 0 Å². The molecule has 1 heterocycles. The lowest BCUT2D eigenvalue weighted by Gasteiger charge is -2.46. The van der Waals surface area contributed by atoms with Gasteiger partial charge in [0.1, 0.15) is 0 Å². The summed E-state index contributed by atoms with van der Waals surface area (Å²) < 4.78 is 6.17. The second-order valence-electron chi connectivity index (χ2n) is 5.01. The summed E-state index contributed by atoms with van der Waals surface area (Å²) in [5.41, 5.74) is 0.196. The van der Waals surface area contributed by atoms with Crippen molar-refractivity contribution in [1.82, 2.24) is 0 Å². The van der Waals surface area contributed by atoms with E-state index in [0.717, 1.165) is 18.4 Å². The Kier molecular flexibility index (Phi) is 2.96. The number of rotatable bonds is 0. The van der Waals surface area contributed by atoms with Crippen molar-refractivity contribution in [2.45, 2.75) is 51.6 Å². The van der Waals surface area contributed by atoms with Crippen LogP contribution in [-0.2, 0) is 4.74 Å². The Morgan fingerprint density at radius 3 is 2.57 bits per heavy atom. The van der Waals surface area contributed by atoms with Crippen molar-refractivity contribution in [2.75, 3.05) is 6.61 Å².